The molecule has 1 aromatic carbocycles. The number of rotatable bonds is 8. The summed E-state index contributed by atoms with van der Waals surface area (Å²) in [5.41, 5.74) is 2.89. The first-order valence-corrected chi connectivity index (χ1v) is 7.73. The molecule has 0 unspecified atom stereocenters. The number of hydroxylamine groups is 1. The summed E-state index contributed by atoms with van der Waals surface area (Å²) in [6, 6.07) is 7.18. The highest BCUT2D eigenvalue weighted by atomic mass is 16.6. The Morgan fingerprint density at radius 3 is 2.74 bits per heavy atom. The van der Waals surface area contributed by atoms with Gasteiger partial charge in [0.25, 0.3) is 5.91 Å². The molecule has 0 fully saturated rings. The first kappa shape index (κ1) is 17.2. The Morgan fingerprint density at radius 1 is 1.22 bits per heavy atom. The van der Waals surface area contributed by atoms with Crippen LogP contribution in [0.1, 0.15) is 30.1 Å². The van der Waals surface area contributed by atoms with Crippen molar-refractivity contribution < 1.29 is 14.4 Å². The molecule has 1 amide bonds. The molecule has 0 aliphatic heterocycles. The number of nitrogens with one attached hydrogen (secondary N) is 1. The number of pyridine rings is 1. The summed E-state index contributed by atoms with van der Waals surface area (Å²) in [4.78, 5) is 29.6. The van der Waals surface area contributed by atoms with Crippen molar-refractivity contribution in [3.63, 3.8) is 0 Å². The lowest BCUT2D eigenvalue weighted by molar-refractivity contribution is 0.0273. The van der Waals surface area contributed by atoms with Gasteiger partial charge in [-0.3, -0.25) is 14.4 Å². The van der Waals surface area contributed by atoms with Crippen LogP contribution in [0.15, 0.2) is 35.3 Å². The average molecular weight is 318 g/mol. The Balaban J connectivity index is 1.96. The summed E-state index contributed by atoms with van der Waals surface area (Å²) >= 11 is 0. The minimum absolute atomic E-state index is 0.0699. The van der Waals surface area contributed by atoms with Crippen LogP contribution in [-0.2, 0) is 16.6 Å². The molecule has 1 N–H and O–H groups in total. The molecular formula is C17H22N2O4. The van der Waals surface area contributed by atoms with Crippen molar-refractivity contribution in [1.82, 2.24) is 10.0 Å². The Morgan fingerprint density at radius 2 is 1.96 bits per heavy atom. The zero-order chi connectivity index (χ0) is 16.7. The Kier molecular flexibility index (Phi) is 6.31. The monoisotopic (exact) mass is 318 g/mol. The Bertz CT molecular complexity index is 724. The molecule has 0 radical (unpaired) electrons. The number of amides is 1. The van der Waals surface area contributed by atoms with Crippen molar-refractivity contribution >= 4 is 16.8 Å². The number of unbranched alkanes of at least 4 members (excludes halogenated alkanes) is 1. The van der Waals surface area contributed by atoms with Gasteiger partial charge in [0.2, 0.25) is 5.43 Å². The van der Waals surface area contributed by atoms with E-state index in [-0.39, 0.29) is 11.0 Å². The molecule has 1 aromatic heterocycles. The topological polar surface area (TPSA) is 69.6 Å². The van der Waals surface area contributed by atoms with Crippen LogP contribution in [0.5, 0.6) is 0 Å². The molecule has 124 valence electrons. The van der Waals surface area contributed by atoms with Gasteiger partial charge in [0.15, 0.2) is 0 Å². The molecule has 23 heavy (non-hydrogen) atoms. The average Bonchev–Trinajstić information content (AvgIpc) is 2.57. The van der Waals surface area contributed by atoms with E-state index in [9.17, 15) is 9.59 Å². The number of nitrogens with zero attached hydrogens (tertiary/aromatic N) is 1. The maximum atomic E-state index is 12.4. The first-order chi connectivity index (χ1) is 11.1. The van der Waals surface area contributed by atoms with Gasteiger partial charge in [0.1, 0.15) is 5.56 Å². The van der Waals surface area contributed by atoms with E-state index in [1.165, 1.54) is 6.20 Å². The second-order valence-electron chi connectivity index (χ2n) is 5.18. The van der Waals surface area contributed by atoms with Crippen molar-refractivity contribution in [3.8, 4) is 0 Å². The zero-order valence-corrected chi connectivity index (χ0v) is 13.5. The summed E-state index contributed by atoms with van der Waals surface area (Å²) in [6.45, 7) is 3.70. The second-order valence-corrected chi connectivity index (χ2v) is 5.18. The molecule has 0 bridgehead atoms. The molecule has 1 heterocycles. The zero-order valence-electron chi connectivity index (χ0n) is 13.5. The third kappa shape index (κ3) is 4.40. The van der Waals surface area contributed by atoms with Crippen LogP contribution >= 0.6 is 0 Å². The molecule has 0 saturated carbocycles. The fourth-order valence-corrected chi connectivity index (χ4v) is 2.30. The molecule has 0 aliphatic carbocycles. The second kappa shape index (κ2) is 8.45. The number of fused-ring (bicyclic) bond motifs is 1. The number of carbonyl (C=O) groups excluding carboxylic acids is 1. The summed E-state index contributed by atoms with van der Waals surface area (Å²) in [6.07, 6.45) is 3.16. The van der Waals surface area contributed by atoms with Crippen LogP contribution in [-0.4, -0.2) is 30.3 Å². The summed E-state index contributed by atoms with van der Waals surface area (Å²) < 4.78 is 6.97. The lowest BCUT2D eigenvalue weighted by atomic mass is 10.1. The lowest BCUT2D eigenvalue weighted by Gasteiger charge is -2.09. The summed E-state index contributed by atoms with van der Waals surface area (Å²) in [7, 11) is 1.80. The largest absolute Gasteiger partial charge is 0.382 e. The Labute approximate surface area is 135 Å². The van der Waals surface area contributed by atoms with E-state index in [4.69, 9.17) is 9.57 Å². The first-order valence-electron chi connectivity index (χ1n) is 7.73. The van der Waals surface area contributed by atoms with Crippen LogP contribution in [0.3, 0.4) is 0 Å². The number of para-hydroxylation sites is 1. The predicted molar refractivity (Wildman–Crippen MR) is 88.3 cm³/mol. The molecule has 2 aromatic rings. The molecule has 2 rings (SSSR count). The van der Waals surface area contributed by atoms with Crippen molar-refractivity contribution in [2.75, 3.05) is 19.8 Å². The molecule has 6 heteroatoms. The van der Waals surface area contributed by atoms with E-state index in [1.807, 2.05) is 19.1 Å². The van der Waals surface area contributed by atoms with E-state index < -0.39 is 5.91 Å². The molecule has 6 nitrogen and oxygen atoms in total. The van der Waals surface area contributed by atoms with Crippen LogP contribution in [0.25, 0.3) is 10.9 Å². The lowest BCUT2D eigenvalue weighted by Crippen LogP contribution is -2.30. The van der Waals surface area contributed by atoms with Crippen molar-refractivity contribution in [2.45, 2.75) is 19.8 Å². The summed E-state index contributed by atoms with van der Waals surface area (Å²) in [5.74, 6) is -0.527. The quantitative estimate of drug-likeness (QED) is 0.597. The van der Waals surface area contributed by atoms with Gasteiger partial charge in [-0.15, -0.1) is 0 Å². The van der Waals surface area contributed by atoms with Crippen LogP contribution in [0.4, 0.5) is 0 Å². The van der Waals surface area contributed by atoms with Gasteiger partial charge in [-0.2, -0.15) is 0 Å². The number of aryl methyl sites for hydroxylation is 1. The van der Waals surface area contributed by atoms with Gasteiger partial charge in [-0.05, 0) is 31.9 Å². The molecule has 0 atom stereocenters. The molecule has 0 aliphatic rings. The molecule has 0 spiro atoms. The number of aromatic nitrogens is 1. The maximum absolute atomic E-state index is 12.4. The normalized spacial score (nSPS) is 10.9. The van der Waals surface area contributed by atoms with Gasteiger partial charge >= 0.3 is 0 Å². The molecular weight excluding hydrogens is 296 g/mol. The third-order valence-electron chi connectivity index (χ3n) is 3.49. The number of carbonyl (C=O) groups is 1. The van der Waals surface area contributed by atoms with Gasteiger partial charge in [0.05, 0.1) is 12.1 Å². The third-order valence-corrected chi connectivity index (χ3v) is 3.49. The van der Waals surface area contributed by atoms with Crippen molar-refractivity contribution in [3.05, 3.63) is 46.2 Å². The Hall–Kier alpha value is -2.18. The number of benzene rings is 1. The minimum Gasteiger partial charge on any atom is -0.382 e. The van der Waals surface area contributed by atoms with Crippen LogP contribution in [0, 0.1) is 0 Å². The minimum atomic E-state index is -0.527. The highest BCUT2D eigenvalue weighted by Crippen LogP contribution is 2.10. The van der Waals surface area contributed by atoms with Gasteiger partial charge in [-0.1, -0.05) is 12.1 Å². The summed E-state index contributed by atoms with van der Waals surface area (Å²) in [5, 5.41) is 0.513. The van der Waals surface area contributed by atoms with Gasteiger partial charge in [0, 0.05) is 31.8 Å². The van der Waals surface area contributed by atoms with Gasteiger partial charge < -0.3 is 9.30 Å². The van der Waals surface area contributed by atoms with Crippen LogP contribution < -0.4 is 10.9 Å². The number of ether oxygens (including phenoxy) is 1. The smallest absolute Gasteiger partial charge is 0.280 e. The van der Waals surface area contributed by atoms with Crippen molar-refractivity contribution in [1.29, 1.82) is 0 Å². The fraction of sp³-hybridized carbons (Fsp3) is 0.412. The molecule has 0 saturated heterocycles. The van der Waals surface area contributed by atoms with E-state index >= 15 is 0 Å². The van der Waals surface area contributed by atoms with Crippen LogP contribution in [0.2, 0.25) is 0 Å². The number of hydrogen-bond donors (Lipinski definition) is 1. The maximum Gasteiger partial charge on any atom is 0.280 e. The van der Waals surface area contributed by atoms with E-state index in [0.717, 1.165) is 18.4 Å². The highest BCUT2D eigenvalue weighted by molar-refractivity contribution is 5.96. The van der Waals surface area contributed by atoms with E-state index in [2.05, 4.69) is 5.48 Å². The van der Waals surface area contributed by atoms with E-state index in [0.29, 0.717) is 25.2 Å². The van der Waals surface area contributed by atoms with Crippen molar-refractivity contribution in [2.24, 2.45) is 7.05 Å². The SMILES string of the molecule is CCOCCCCONC(=O)c1cn(C)c2ccccc2c1=O. The fourth-order valence-electron chi connectivity index (χ4n) is 2.30. The highest BCUT2D eigenvalue weighted by Gasteiger charge is 2.14. The number of hydrogen-bond acceptors (Lipinski definition) is 4. The standard InChI is InChI=1S/C17H22N2O4/c1-3-22-10-6-7-11-23-18-17(21)14-12-19(2)15-9-5-4-8-13(15)16(14)20/h4-5,8-9,12H,3,6-7,10-11H2,1-2H3,(H,18,21). The van der Waals surface area contributed by atoms with E-state index in [1.54, 1.807) is 23.7 Å². The predicted octanol–water partition coefficient (Wildman–Crippen LogP) is 2.02. The van der Waals surface area contributed by atoms with Gasteiger partial charge in [-0.25, -0.2) is 5.48 Å².